The summed E-state index contributed by atoms with van der Waals surface area (Å²) in [6.07, 6.45) is 4.62. The highest BCUT2D eigenvalue weighted by atomic mass is 35.5. The van der Waals surface area contributed by atoms with Gasteiger partial charge in [0.1, 0.15) is 5.15 Å². The molecule has 0 saturated carbocycles. The zero-order valence-corrected chi connectivity index (χ0v) is 8.64. The van der Waals surface area contributed by atoms with E-state index in [0.717, 1.165) is 18.2 Å². The van der Waals surface area contributed by atoms with Gasteiger partial charge in [0, 0.05) is 13.2 Å². The van der Waals surface area contributed by atoms with Gasteiger partial charge in [-0.25, -0.2) is 0 Å². The number of hydrogen-bond donors (Lipinski definition) is 1. The molecule has 0 unspecified atom stereocenters. The van der Waals surface area contributed by atoms with Crippen LogP contribution in [0.25, 0.3) is 0 Å². The number of nitrogens with zero attached hydrogens (tertiary/aromatic N) is 1. The van der Waals surface area contributed by atoms with Crippen molar-refractivity contribution < 1.29 is 0 Å². The third kappa shape index (κ3) is 1.89. The largest absolute Gasteiger partial charge is 0.342 e. The topological polar surface area (TPSA) is 17.0 Å². The second kappa shape index (κ2) is 3.72. The Balaban J connectivity index is 2.14. The Labute approximate surface area is 83.9 Å². The van der Waals surface area contributed by atoms with Crippen LogP contribution in [-0.2, 0) is 7.05 Å². The van der Waals surface area contributed by atoms with Gasteiger partial charge in [0.2, 0.25) is 0 Å². The first-order chi connectivity index (χ1) is 6.27. The Morgan fingerprint density at radius 2 is 2.15 bits per heavy atom. The molecule has 0 aromatic carbocycles. The zero-order valence-electron chi connectivity index (χ0n) is 7.89. The van der Waals surface area contributed by atoms with Crippen LogP contribution in [-0.4, -0.2) is 17.7 Å². The van der Waals surface area contributed by atoms with E-state index in [1.165, 1.54) is 18.4 Å². The highest BCUT2D eigenvalue weighted by Crippen LogP contribution is 2.27. The number of aromatic nitrogens is 1. The molecule has 2 nitrogen and oxygen atoms in total. The molecule has 3 heteroatoms. The van der Waals surface area contributed by atoms with Crippen LogP contribution in [0.4, 0.5) is 0 Å². The van der Waals surface area contributed by atoms with Crippen molar-refractivity contribution in [3.8, 4) is 0 Å². The van der Waals surface area contributed by atoms with Crippen molar-refractivity contribution in [2.75, 3.05) is 13.1 Å². The molecule has 0 bridgehead atoms. The van der Waals surface area contributed by atoms with Crippen LogP contribution in [0.3, 0.4) is 0 Å². The molecule has 0 aliphatic carbocycles. The fourth-order valence-corrected chi connectivity index (χ4v) is 2.12. The molecule has 0 atom stereocenters. The number of halogens is 1. The zero-order chi connectivity index (χ0) is 9.26. The number of piperidine rings is 1. The first kappa shape index (κ1) is 9.10. The minimum absolute atomic E-state index is 0.708. The van der Waals surface area contributed by atoms with Gasteiger partial charge in [0.25, 0.3) is 0 Å². The molecule has 1 aliphatic heterocycles. The lowest BCUT2D eigenvalue weighted by Crippen LogP contribution is -2.26. The Hall–Kier alpha value is -0.470. The van der Waals surface area contributed by atoms with E-state index in [1.807, 2.05) is 11.6 Å². The van der Waals surface area contributed by atoms with Crippen LogP contribution in [0.1, 0.15) is 24.3 Å². The van der Waals surface area contributed by atoms with Crippen LogP contribution in [0.5, 0.6) is 0 Å². The summed E-state index contributed by atoms with van der Waals surface area (Å²) in [6, 6.07) is 2.09. The van der Waals surface area contributed by atoms with Gasteiger partial charge in [0.15, 0.2) is 0 Å². The van der Waals surface area contributed by atoms with Crippen molar-refractivity contribution in [2.24, 2.45) is 7.05 Å². The standard InChI is InChI=1S/C10H15ClN2/c1-13-7-9(6-10(13)11)8-2-4-12-5-3-8/h6-8,12H,2-5H2,1H3. The summed E-state index contributed by atoms with van der Waals surface area (Å²) in [6.45, 7) is 2.27. The van der Waals surface area contributed by atoms with Gasteiger partial charge < -0.3 is 9.88 Å². The van der Waals surface area contributed by atoms with Gasteiger partial charge in [-0.2, -0.15) is 0 Å². The van der Waals surface area contributed by atoms with Crippen molar-refractivity contribution in [1.82, 2.24) is 9.88 Å². The van der Waals surface area contributed by atoms with Gasteiger partial charge >= 0.3 is 0 Å². The van der Waals surface area contributed by atoms with Gasteiger partial charge in [-0.1, -0.05) is 11.6 Å². The second-order valence-corrected chi connectivity index (χ2v) is 4.12. The number of hydrogen-bond acceptors (Lipinski definition) is 1. The number of nitrogens with one attached hydrogen (secondary N) is 1. The number of rotatable bonds is 1. The summed E-state index contributed by atoms with van der Waals surface area (Å²) < 4.78 is 1.99. The average molecular weight is 199 g/mol. The van der Waals surface area contributed by atoms with Crippen LogP contribution < -0.4 is 5.32 Å². The van der Waals surface area contributed by atoms with Gasteiger partial charge in [-0.05, 0) is 43.5 Å². The minimum Gasteiger partial charge on any atom is -0.342 e. The van der Waals surface area contributed by atoms with E-state index in [4.69, 9.17) is 11.6 Å². The van der Waals surface area contributed by atoms with E-state index in [9.17, 15) is 0 Å². The fourth-order valence-electron chi connectivity index (χ4n) is 1.94. The normalized spacial score (nSPS) is 19.2. The van der Waals surface area contributed by atoms with E-state index in [-0.39, 0.29) is 0 Å². The quantitative estimate of drug-likeness (QED) is 0.732. The second-order valence-electron chi connectivity index (χ2n) is 3.73. The lowest BCUT2D eigenvalue weighted by molar-refractivity contribution is 0.460. The molecule has 1 saturated heterocycles. The van der Waals surface area contributed by atoms with E-state index in [1.54, 1.807) is 0 Å². The van der Waals surface area contributed by atoms with Crippen molar-refractivity contribution in [3.05, 3.63) is 23.0 Å². The third-order valence-electron chi connectivity index (χ3n) is 2.78. The van der Waals surface area contributed by atoms with Crippen molar-refractivity contribution in [1.29, 1.82) is 0 Å². The van der Waals surface area contributed by atoms with Crippen molar-refractivity contribution in [3.63, 3.8) is 0 Å². The highest BCUT2D eigenvalue weighted by Gasteiger charge is 2.16. The summed E-state index contributed by atoms with van der Waals surface area (Å²) in [4.78, 5) is 0. The maximum atomic E-state index is 6.00. The smallest absolute Gasteiger partial charge is 0.108 e. The SMILES string of the molecule is Cn1cc(C2CCNCC2)cc1Cl. The first-order valence-corrected chi connectivity index (χ1v) is 5.17. The van der Waals surface area contributed by atoms with Crippen LogP contribution in [0.2, 0.25) is 5.15 Å². The maximum Gasteiger partial charge on any atom is 0.108 e. The molecular weight excluding hydrogens is 184 g/mol. The summed E-state index contributed by atoms with van der Waals surface area (Å²) in [5.41, 5.74) is 1.40. The molecule has 1 fully saturated rings. The van der Waals surface area contributed by atoms with E-state index in [2.05, 4.69) is 17.6 Å². The van der Waals surface area contributed by atoms with Crippen LogP contribution in [0.15, 0.2) is 12.3 Å². The molecule has 1 aliphatic rings. The molecule has 13 heavy (non-hydrogen) atoms. The molecule has 72 valence electrons. The van der Waals surface area contributed by atoms with Gasteiger partial charge in [-0.15, -0.1) is 0 Å². The minimum atomic E-state index is 0.708. The lowest BCUT2D eigenvalue weighted by atomic mass is 9.92. The molecular formula is C10H15ClN2. The fraction of sp³-hybridized carbons (Fsp3) is 0.600. The van der Waals surface area contributed by atoms with E-state index >= 15 is 0 Å². The van der Waals surface area contributed by atoms with Gasteiger partial charge in [0.05, 0.1) is 0 Å². The van der Waals surface area contributed by atoms with E-state index in [0.29, 0.717) is 5.92 Å². The van der Waals surface area contributed by atoms with Crippen molar-refractivity contribution >= 4 is 11.6 Å². The summed E-state index contributed by atoms with van der Waals surface area (Å²) >= 11 is 6.00. The molecule has 2 rings (SSSR count). The summed E-state index contributed by atoms with van der Waals surface area (Å²) in [5.74, 6) is 0.708. The first-order valence-electron chi connectivity index (χ1n) is 4.80. The molecule has 0 spiro atoms. The van der Waals surface area contributed by atoms with Gasteiger partial charge in [-0.3, -0.25) is 0 Å². The molecule has 1 aromatic rings. The van der Waals surface area contributed by atoms with Crippen molar-refractivity contribution in [2.45, 2.75) is 18.8 Å². The Kier molecular flexibility index (Phi) is 2.61. The highest BCUT2D eigenvalue weighted by molar-refractivity contribution is 6.29. The monoisotopic (exact) mass is 198 g/mol. The van der Waals surface area contributed by atoms with E-state index < -0.39 is 0 Å². The van der Waals surface area contributed by atoms with Crippen LogP contribution >= 0.6 is 11.6 Å². The maximum absolute atomic E-state index is 6.00. The molecule has 1 aromatic heterocycles. The predicted octanol–water partition coefficient (Wildman–Crippen LogP) is 2.15. The predicted molar refractivity (Wildman–Crippen MR) is 55.3 cm³/mol. The molecule has 2 heterocycles. The Bertz CT molecular complexity index is 268. The molecule has 0 amide bonds. The lowest BCUT2D eigenvalue weighted by Gasteiger charge is -2.21. The summed E-state index contributed by atoms with van der Waals surface area (Å²) in [5, 5.41) is 4.21. The van der Waals surface area contributed by atoms with Crippen LogP contribution in [0, 0.1) is 0 Å². The molecule has 0 radical (unpaired) electrons. The average Bonchev–Trinajstić information content (AvgIpc) is 2.49. The molecule has 1 N–H and O–H groups in total. The Morgan fingerprint density at radius 3 is 2.69 bits per heavy atom. The third-order valence-corrected chi connectivity index (χ3v) is 3.15. The number of aryl methyl sites for hydroxylation is 1. The summed E-state index contributed by atoms with van der Waals surface area (Å²) in [7, 11) is 1.99. The Morgan fingerprint density at radius 1 is 1.46 bits per heavy atom.